The molecule has 2 fully saturated rings. The van der Waals surface area contributed by atoms with Crippen LogP contribution in [0.15, 0.2) is 12.2 Å². The molecule has 2 atom stereocenters. The molecule has 2 unspecified atom stereocenters. The fourth-order valence-corrected chi connectivity index (χ4v) is 3.25. The van der Waals surface area contributed by atoms with E-state index in [2.05, 4.69) is 17.1 Å². The summed E-state index contributed by atoms with van der Waals surface area (Å²) in [6.45, 7) is 2.00. The van der Waals surface area contributed by atoms with Crippen LogP contribution in [-0.2, 0) is 4.79 Å². The fraction of sp³-hybridized carbons (Fsp3) is 0.750. The van der Waals surface area contributed by atoms with Crippen LogP contribution < -0.4 is 0 Å². The van der Waals surface area contributed by atoms with Crippen molar-refractivity contribution in [3.63, 3.8) is 0 Å². The summed E-state index contributed by atoms with van der Waals surface area (Å²) in [5.41, 5.74) is -0.0605. The van der Waals surface area contributed by atoms with Gasteiger partial charge in [0, 0.05) is 13.1 Å². The first-order chi connectivity index (χ1) is 6.80. The molecule has 76 valence electrons. The minimum atomic E-state index is -0.0605. The smallest absolute Gasteiger partial charge is 0.232 e. The van der Waals surface area contributed by atoms with Crippen molar-refractivity contribution in [3.8, 4) is 0 Å². The third-order valence-electron chi connectivity index (χ3n) is 4.09. The molecule has 2 heteroatoms. The Morgan fingerprint density at radius 1 is 1.36 bits per heavy atom. The van der Waals surface area contributed by atoms with Crippen LogP contribution in [0.5, 0.6) is 0 Å². The van der Waals surface area contributed by atoms with Crippen molar-refractivity contribution in [2.75, 3.05) is 13.1 Å². The van der Waals surface area contributed by atoms with E-state index in [9.17, 15) is 4.79 Å². The van der Waals surface area contributed by atoms with Crippen molar-refractivity contribution in [2.45, 2.75) is 32.1 Å². The Kier molecular flexibility index (Phi) is 1.73. The molecule has 1 heterocycles. The topological polar surface area (TPSA) is 20.3 Å². The van der Waals surface area contributed by atoms with Crippen molar-refractivity contribution in [1.82, 2.24) is 4.90 Å². The van der Waals surface area contributed by atoms with Crippen LogP contribution in [0.4, 0.5) is 0 Å². The number of rotatable bonds is 1. The van der Waals surface area contributed by atoms with Gasteiger partial charge in [-0.1, -0.05) is 12.2 Å². The molecule has 0 spiro atoms. The Morgan fingerprint density at radius 2 is 2.14 bits per heavy atom. The Morgan fingerprint density at radius 3 is 2.64 bits per heavy atom. The highest BCUT2D eigenvalue weighted by Crippen LogP contribution is 2.50. The molecule has 0 aromatic carbocycles. The SMILES string of the molecule is O=C(N1CCCC1)C12C=CC(CC1)C2. The van der Waals surface area contributed by atoms with Crippen molar-refractivity contribution < 1.29 is 4.79 Å². The Bertz CT molecular complexity index is 291. The van der Waals surface area contributed by atoms with Gasteiger partial charge in [-0.2, -0.15) is 0 Å². The molecule has 1 aliphatic heterocycles. The first kappa shape index (κ1) is 8.51. The molecule has 2 bridgehead atoms. The number of carbonyl (C=O) groups is 1. The number of amides is 1. The standard InChI is InChI=1S/C12H17NO/c14-11(13-7-1-2-8-13)12-5-3-10(9-12)4-6-12/h3,5,10H,1-2,4,6-9H2. The van der Waals surface area contributed by atoms with Crippen LogP contribution in [-0.4, -0.2) is 23.9 Å². The number of carbonyl (C=O) groups excluding carboxylic acids is 1. The Balaban J connectivity index is 1.81. The minimum absolute atomic E-state index is 0.0605. The molecule has 14 heavy (non-hydrogen) atoms. The maximum Gasteiger partial charge on any atom is 0.232 e. The van der Waals surface area contributed by atoms with Crippen molar-refractivity contribution >= 4 is 5.91 Å². The predicted molar refractivity (Wildman–Crippen MR) is 54.7 cm³/mol. The zero-order chi connectivity index (χ0) is 9.60. The lowest BCUT2D eigenvalue weighted by molar-refractivity contribution is -0.137. The van der Waals surface area contributed by atoms with E-state index in [1.54, 1.807) is 0 Å². The number of fused-ring (bicyclic) bond motifs is 2. The zero-order valence-electron chi connectivity index (χ0n) is 8.54. The highest BCUT2D eigenvalue weighted by atomic mass is 16.2. The predicted octanol–water partition coefficient (Wildman–Crippen LogP) is 1.97. The monoisotopic (exact) mass is 191 g/mol. The summed E-state index contributed by atoms with van der Waals surface area (Å²) in [6.07, 6.45) is 10.3. The average molecular weight is 191 g/mol. The molecule has 1 saturated carbocycles. The Labute approximate surface area is 85.0 Å². The third kappa shape index (κ3) is 1.06. The molecule has 1 saturated heterocycles. The van der Waals surface area contributed by atoms with Gasteiger partial charge in [-0.25, -0.2) is 0 Å². The molecule has 0 aromatic heterocycles. The van der Waals surface area contributed by atoms with Gasteiger partial charge in [-0.05, 0) is 38.0 Å². The van der Waals surface area contributed by atoms with Gasteiger partial charge in [-0.3, -0.25) is 4.79 Å². The molecule has 1 amide bonds. The largest absolute Gasteiger partial charge is 0.342 e. The highest BCUT2D eigenvalue weighted by Gasteiger charge is 2.48. The number of nitrogens with zero attached hydrogens (tertiary/aromatic N) is 1. The first-order valence-corrected chi connectivity index (χ1v) is 5.79. The number of allylic oxidation sites excluding steroid dienone is 1. The fourth-order valence-electron chi connectivity index (χ4n) is 3.25. The van der Waals surface area contributed by atoms with E-state index in [0.29, 0.717) is 11.8 Å². The van der Waals surface area contributed by atoms with E-state index in [1.165, 1.54) is 19.3 Å². The van der Waals surface area contributed by atoms with Gasteiger partial charge in [0.25, 0.3) is 0 Å². The van der Waals surface area contributed by atoms with Crippen LogP contribution in [0.1, 0.15) is 32.1 Å². The lowest BCUT2D eigenvalue weighted by atomic mass is 9.86. The zero-order valence-corrected chi connectivity index (χ0v) is 8.54. The van der Waals surface area contributed by atoms with E-state index in [4.69, 9.17) is 0 Å². The van der Waals surface area contributed by atoms with Gasteiger partial charge in [-0.15, -0.1) is 0 Å². The maximum atomic E-state index is 12.3. The van der Waals surface area contributed by atoms with Gasteiger partial charge in [0.15, 0.2) is 0 Å². The summed E-state index contributed by atoms with van der Waals surface area (Å²) < 4.78 is 0. The highest BCUT2D eigenvalue weighted by molar-refractivity contribution is 5.86. The van der Waals surface area contributed by atoms with E-state index in [0.717, 1.165) is 25.9 Å². The summed E-state index contributed by atoms with van der Waals surface area (Å²) in [5.74, 6) is 1.13. The van der Waals surface area contributed by atoms with E-state index >= 15 is 0 Å². The molecule has 3 rings (SSSR count). The van der Waals surface area contributed by atoms with Crippen molar-refractivity contribution in [3.05, 3.63) is 12.2 Å². The summed E-state index contributed by atoms with van der Waals surface area (Å²) >= 11 is 0. The summed E-state index contributed by atoms with van der Waals surface area (Å²) in [7, 11) is 0. The molecule has 2 aliphatic carbocycles. The minimum Gasteiger partial charge on any atom is -0.342 e. The van der Waals surface area contributed by atoms with Crippen LogP contribution >= 0.6 is 0 Å². The third-order valence-corrected chi connectivity index (χ3v) is 4.09. The lowest BCUT2D eigenvalue weighted by Gasteiger charge is -2.28. The molecule has 0 radical (unpaired) electrons. The normalized spacial score (nSPS) is 39.7. The number of hydrogen-bond donors (Lipinski definition) is 0. The van der Waals surface area contributed by atoms with Crippen molar-refractivity contribution in [1.29, 1.82) is 0 Å². The summed E-state index contributed by atoms with van der Waals surface area (Å²) in [5, 5.41) is 0. The van der Waals surface area contributed by atoms with Gasteiger partial charge >= 0.3 is 0 Å². The van der Waals surface area contributed by atoms with Crippen molar-refractivity contribution in [2.24, 2.45) is 11.3 Å². The maximum absolute atomic E-state index is 12.3. The number of hydrogen-bond acceptors (Lipinski definition) is 1. The van der Waals surface area contributed by atoms with Gasteiger partial charge in [0.1, 0.15) is 0 Å². The molecular weight excluding hydrogens is 174 g/mol. The number of likely N-dealkylation sites (tertiary alicyclic amines) is 1. The second-order valence-electron chi connectivity index (χ2n) is 5.02. The average Bonchev–Trinajstić information content (AvgIpc) is 2.94. The Hall–Kier alpha value is -0.790. The molecule has 0 aromatic rings. The van der Waals surface area contributed by atoms with E-state index in [1.807, 2.05) is 0 Å². The quantitative estimate of drug-likeness (QED) is 0.580. The van der Waals surface area contributed by atoms with Crippen LogP contribution in [0.3, 0.4) is 0 Å². The second kappa shape index (κ2) is 2.85. The van der Waals surface area contributed by atoms with Gasteiger partial charge in [0.2, 0.25) is 5.91 Å². The lowest BCUT2D eigenvalue weighted by Crippen LogP contribution is -2.39. The molecule has 3 aliphatic rings. The van der Waals surface area contributed by atoms with Crippen LogP contribution in [0.2, 0.25) is 0 Å². The van der Waals surface area contributed by atoms with E-state index in [-0.39, 0.29) is 5.41 Å². The molecule has 0 N–H and O–H groups in total. The van der Waals surface area contributed by atoms with E-state index < -0.39 is 0 Å². The first-order valence-electron chi connectivity index (χ1n) is 5.79. The summed E-state index contributed by atoms with van der Waals surface area (Å²) in [6, 6.07) is 0. The second-order valence-corrected chi connectivity index (χ2v) is 5.02. The van der Waals surface area contributed by atoms with Crippen LogP contribution in [0.25, 0.3) is 0 Å². The molecule has 2 nitrogen and oxygen atoms in total. The summed E-state index contributed by atoms with van der Waals surface area (Å²) in [4.78, 5) is 14.4. The van der Waals surface area contributed by atoms with Gasteiger partial charge in [0.05, 0.1) is 5.41 Å². The van der Waals surface area contributed by atoms with Gasteiger partial charge < -0.3 is 4.90 Å². The molecular formula is C12H17NO. The van der Waals surface area contributed by atoms with Crippen LogP contribution in [0, 0.1) is 11.3 Å².